The van der Waals surface area contributed by atoms with E-state index in [0.717, 1.165) is 12.8 Å². The monoisotopic (exact) mass is 347 g/mol. The van der Waals surface area contributed by atoms with Crippen LogP contribution in [0.5, 0.6) is 0 Å². The van der Waals surface area contributed by atoms with Crippen LogP contribution in [0.1, 0.15) is 45.6 Å². The molecule has 0 bridgehead atoms. The number of hydrogen-bond donors (Lipinski definition) is 1. The predicted octanol–water partition coefficient (Wildman–Crippen LogP) is 3.71. The average Bonchev–Trinajstić information content (AvgIpc) is 2.58. The molecule has 1 aliphatic carbocycles. The van der Waals surface area contributed by atoms with Crippen LogP contribution in [0.3, 0.4) is 0 Å². The first kappa shape index (κ1) is 19.2. The van der Waals surface area contributed by atoms with Gasteiger partial charge in [-0.15, -0.1) is 0 Å². The number of carbonyl (C=O) groups is 2. The van der Waals surface area contributed by atoms with E-state index in [1.54, 1.807) is 19.1 Å². The van der Waals surface area contributed by atoms with E-state index < -0.39 is 12.1 Å². The van der Waals surface area contributed by atoms with E-state index in [0.29, 0.717) is 17.4 Å². The van der Waals surface area contributed by atoms with Gasteiger partial charge in [0.2, 0.25) is 0 Å². The minimum atomic E-state index is -0.852. The maximum absolute atomic E-state index is 12.8. The molecule has 1 aliphatic rings. The van der Waals surface area contributed by atoms with E-state index >= 15 is 0 Å². The summed E-state index contributed by atoms with van der Waals surface area (Å²) in [5.41, 5.74) is 0.681. The fraction of sp³-hybridized carbons (Fsp3) is 0.500. The molecule has 0 saturated heterocycles. The van der Waals surface area contributed by atoms with Crippen molar-refractivity contribution in [3.8, 4) is 0 Å². The second-order valence-corrected chi connectivity index (χ2v) is 6.85. The summed E-state index contributed by atoms with van der Waals surface area (Å²) in [5.74, 6) is -0.211. The van der Waals surface area contributed by atoms with Crippen molar-refractivity contribution in [1.82, 2.24) is 5.32 Å². The van der Waals surface area contributed by atoms with Gasteiger partial charge in [-0.3, -0.25) is 4.79 Å². The summed E-state index contributed by atoms with van der Waals surface area (Å²) in [4.78, 5) is 24.1. The molecule has 0 heterocycles. The molecule has 5 heteroatoms. The lowest BCUT2D eigenvalue weighted by molar-refractivity contribution is -0.150. The lowest BCUT2D eigenvalue weighted by Gasteiger charge is -2.35. The molecular formula is C20H26FNO3. The van der Waals surface area contributed by atoms with Crippen LogP contribution >= 0.6 is 0 Å². The van der Waals surface area contributed by atoms with Crippen molar-refractivity contribution in [2.45, 2.75) is 52.2 Å². The smallest absolute Gasteiger partial charge is 0.331 e. The topological polar surface area (TPSA) is 55.4 Å². The van der Waals surface area contributed by atoms with Crippen LogP contribution in [0.15, 0.2) is 30.3 Å². The summed E-state index contributed by atoms with van der Waals surface area (Å²) >= 11 is 0. The van der Waals surface area contributed by atoms with Gasteiger partial charge in [0.25, 0.3) is 5.91 Å². The van der Waals surface area contributed by atoms with E-state index in [2.05, 4.69) is 19.2 Å². The van der Waals surface area contributed by atoms with Crippen LogP contribution in [0, 0.1) is 17.7 Å². The summed E-state index contributed by atoms with van der Waals surface area (Å²) in [6.45, 7) is 5.92. The summed E-state index contributed by atoms with van der Waals surface area (Å²) < 4.78 is 18.0. The maximum Gasteiger partial charge on any atom is 0.331 e. The molecular weight excluding hydrogens is 321 g/mol. The number of nitrogens with one attached hydrogen (secondary N) is 1. The fourth-order valence-corrected chi connectivity index (χ4v) is 3.09. The Bertz CT molecular complexity index is 626. The fourth-order valence-electron chi connectivity index (χ4n) is 3.09. The molecule has 1 N–H and O–H groups in total. The van der Waals surface area contributed by atoms with Gasteiger partial charge in [-0.2, -0.15) is 0 Å². The highest BCUT2D eigenvalue weighted by Crippen LogP contribution is 2.29. The predicted molar refractivity (Wildman–Crippen MR) is 95.1 cm³/mol. The van der Waals surface area contributed by atoms with Crippen LogP contribution in [0.2, 0.25) is 0 Å². The van der Waals surface area contributed by atoms with Crippen LogP contribution in [-0.4, -0.2) is 24.0 Å². The Morgan fingerprint density at radius 3 is 2.60 bits per heavy atom. The second kappa shape index (κ2) is 8.79. The van der Waals surface area contributed by atoms with E-state index in [1.165, 1.54) is 30.7 Å². The Morgan fingerprint density at radius 2 is 1.92 bits per heavy atom. The quantitative estimate of drug-likeness (QED) is 0.652. The zero-order valence-electron chi connectivity index (χ0n) is 15.0. The van der Waals surface area contributed by atoms with E-state index in [9.17, 15) is 14.0 Å². The average molecular weight is 347 g/mol. The molecule has 0 aliphatic heterocycles. The Labute approximate surface area is 148 Å². The van der Waals surface area contributed by atoms with Crippen LogP contribution in [0.4, 0.5) is 4.39 Å². The van der Waals surface area contributed by atoms with Crippen molar-refractivity contribution in [3.63, 3.8) is 0 Å². The third kappa shape index (κ3) is 5.69. The third-order valence-electron chi connectivity index (χ3n) is 4.98. The number of carbonyl (C=O) groups excluding carboxylic acids is 2. The molecule has 25 heavy (non-hydrogen) atoms. The van der Waals surface area contributed by atoms with E-state index in [1.807, 2.05) is 0 Å². The molecule has 2 rings (SSSR count). The highest BCUT2D eigenvalue weighted by atomic mass is 19.1. The van der Waals surface area contributed by atoms with Gasteiger partial charge in [0.15, 0.2) is 6.10 Å². The summed E-state index contributed by atoms with van der Waals surface area (Å²) in [6, 6.07) is 5.87. The van der Waals surface area contributed by atoms with Gasteiger partial charge in [-0.05, 0) is 49.0 Å². The highest BCUT2D eigenvalue weighted by Gasteiger charge is 2.29. The first-order chi connectivity index (χ1) is 11.9. The molecule has 0 radical (unpaired) electrons. The van der Waals surface area contributed by atoms with Crippen LogP contribution in [0.25, 0.3) is 6.08 Å². The number of halogens is 1. The van der Waals surface area contributed by atoms with Crippen molar-refractivity contribution in [1.29, 1.82) is 0 Å². The van der Waals surface area contributed by atoms with Crippen LogP contribution < -0.4 is 5.32 Å². The van der Waals surface area contributed by atoms with Gasteiger partial charge in [-0.1, -0.05) is 38.8 Å². The lowest BCUT2D eigenvalue weighted by Crippen LogP contribution is -2.47. The molecule has 0 unspecified atom stereocenters. The minimum absolute atomic E-state index is 0.132. The standard InChI is InChI=1S/C20H26FNO3/c1-13-5-4-6-18(14(13)2)22-20(24)15(3)25-19(23)12-9-16-7-10-17(21)11-8-16/h7-15,18H,4-6H2,1-3H3,(H,22,24)/b12-9+/t13-,14-,15-,18+/m1/s1. The van der Waals surface area contributed by atoms with E-state index in [4.69, 9.17) is 4.74 Å². The number of benzene rings is 1. The van der Waals surface area contributed by atoms with Gasteiger partial charge in [0.05, 0.1) is 0 Å². The molecule has 1 fully saturated rings. The number of ether oxygens (including phenoxy) is 1. The van der Waals surface area contributed by atoms with Gasteiger partial charge in [0, 0.05) is 12.1 Å². The Balaban J connectivity index is 1.83. The Kier molecular flexibility index (Phi) is 6.73. The minimum Gasteiger partial charge on any atom is -0.449 e. The first-order valence-corrected chi connectivity index (χ1v) is 8.81. The highest BCUT2D eigenvalue weighted by molar-refractivity contribution is 5.90. The van der Waals surface area contributed by atoms with Crippen molar-refractivity contribution in [2.24, 2.45) is 11.8 Å². The lowest BCUT2D eigenvalue weighted by atomic mass is 9.78. The Morgan fingerprint density at radius 1 is 1.24 bits per heavy atom. The molecule has 0 spiro atoms. The normalized spacial score (nSPS) is 24.7. The van der Waals surface area contributed by atoms with Gasteiger partial charge in [0.1, 0.15) is 5.82 Å². The van der Waals surface area contributed by atoms with Crippen LogP contribution in [-0.2, 0) is 14.3 Å². The SMILES string of the molecule is C[C@@H]1[C@H](C)CCC[C@@H]1NC(=O)[C@@H](C)OC(=O)/C=C/c1ccc(F)cc1. The number of hydrogen-bond acceptors (Lipinski definition) is 3. The zero-order valence-corrected chi connectivity index (χ0v) is 15.0. The summed E-state index contributed by atoms with van der Waals surface area (Å²) in [5, 5.41) is 3.00. The van der Waals surface area contributed by atoms with Gasteiger partial charge >= 0.3 is 5.97 Å². The maximum atomic E-state index is 12.8. The molecule has 1 saturated carbocycles. The second-order valence-electron chi connectivity index (χ2n) is 6.85. The molecule has 1 aromatic carbocycles. The van der Waals surface area contributed by atoms with Crippen molar-refractivity contribution < 1.29 is 18.7 Å². The number of amides is 1. The molecule has 136 valence electrons. The number of esters is 1. The molecule has 1 aromatic rings. The molecule has 1 amide bonds. The largest absolute Gasteiger partial charge is 0.449 e. The van der Waals surface area contributed by atoms with Crippen molar-refractivity contribution >= 4 is 18.0 Å². The third-order valence-corrected chi connectivity index (χ3v) is 4.98. The van der Waals surface area contributed by atoms with Crippen molar-refractivity contribution in [2.75, 3.05) is 0 Å². The van der Waals surface area contributed by atoms with Crippen molar-refractivity contribution in [3.05, 3.63) is 41.7 Å². The molecule has 4 nitrogen and oxygen atoms in total. The number of rotatable bonds is 5. The summed E-state index contributed by atoms with van der Waals surface area (Å²) in [7, 11) is 0. The van der Waals surface area contributed by atoms with Gasteiger partial charge < -0.3 is 10.1 Å². The van der Waals surface area contributed by atoms with Gasteiger partial charge in [-0.25, -0.2) is 9.18 Å². The molecule has 4 atom stereocenters. The Hall–Kier alpha value is -2.17. The molecule has 0 aromatic heterocycles. The zero-order chi connectivity index (χ0) is 18.4. The first-order valence-electron chi connectivity index (χ1n) is 8.81. The summed E-state index contributed by atoms with van der Waals surface area (Å²) in [6.07, 6.45) is 5.16. The van der Waals surface area contributed by atoms with E-state index in [-0.39, 0.29) is 17.8 Å².